The van der Waals surface area contributed by atoms with Gasteiger partial charge in [0.15, 0.2) is 0 Å². The van der Waals surface area contributed by atoms with Crippen LogP contribution in [0.2, 0.25) is 0 Å². The number of hydrogen-bond acceptors (Lipinski definition) is 6. The molecule has 0 spiro atoms. The van der Waals surface area contributed by atoms with E-state index in [0.717, 1.165) is 32.0 Å². The highest BCUT2D eigenvalue weighted by atomic mass is 15.5. The molecule has 0 radical (unpaired) electrons. The van der Waals surface area contributed by atoms with Gasteiger partial charge in [0, 0.05) is 32.2 Å². The van der Waals surface area contributed by atoms with Gasteiger partial charge in [0.1, 0.15) is 17.5 Å². The summed E-state index contributed by atoms with van der Waals surface area (Å²) in [6, 6.07) is 1.76. The second kappa shape index (κ2) is 4.63. The van der Waals surface area contributed by atoms with Gasteiger partial charge < -0.3 is 16.1 Å². The molecule has 0 atom stereocenters. The molecule has 1 aromatic heterocycles. The highest BCUT2D eigenvalue weighted by molar-refractivity contribution is 5.43. The summed E-state index contributed by atoms with van der Waals surface area (Å²) in [6.07, 6.45) is 0. The van der Waals surface area contributed by atoms with E-state index in [-0.39, 0.29) is 0 Å². The minimum Gasteiger partial charge on any atom is -0.384 e. The molecule has 1 aliphatic heterocycles. The average molecular weight is 222 g/mol. The SMILES string of the molecule is Cc1nc(N)cc(NN2CCN(C)CC2)n1. The Morgan fingerprint density at radius 3 is 2.56 bits per heavy atom. The third-order valence-corrected chi connectivity index (χ3v) is 2.63. The van der Waals surface area contributed by atoms with Gasteiger partial charge in [-0.1, -0.05) is 0 Å². The van der Waals surface area contributed by atoms with Crippen molar-refractivity contribution in [3.05, 3.63) is 11.9 Å². The normalized spacial score (nSPS) is 18.6. The standard InChI is InChI=1S/C10H18N6/c1-8-12-9(11)7-10(13-8)14-16-5-3-15(2)4-6-16/h7H,3-6H2,1-2H3,(H3,11,12,13,14). The maximum Gasteiger partial charge on any atom is 0.146 e. The van der Waals surface area contributed by atoms with Gasteiger partial charge in [-0.2, -0.15) is 0 Å². The maximum absolute atomic E-state index is 5.67. The van der Waals surface area contributed by atoms with E-state index in [1.165, 1.54) is 0 Å². The lowest BCUT2D eigenvalue weighted by Gasteiger charge is -2.32. The second-order valence-corrected chi connectivity index (χ2v) is 4.13. The number of rotatable bonds is 2. The molecule has 0 amide bonds. The average Bonchev–Trinajstić information content (AvgIpc) is 2.20. The molecule has 1 saturated heterocycles. The van der Waals surface area contributed by atoms with E-state index in [9.17, 15) is 0 Å². The molecule has 2 heterocycles. The first kappa shape index (κ1) is 11.1. The third kappa shape index (κ3) is 2.80. The highest BCUT2D eigenvalue weighted by Crippen LogP contribution is 2.09. The Labute approximate surface area is 95.4 Å². The molecule has 0 aromatic carbocycles. The van der Waals surface area contributed by atoms with E-state index in [2.05, 4.69) is 32.4 Å². The minimum atomic E-state index is 0.504. The number of hydrazine groups is 1. The Balaban J connectivity index is 1.98. The lowest BCUT2D eigenvalue weighted by molar-refractivity contribution is 0.178. The topological polar surface area (TPSA) is 70.3 Å². The van der Waals surface area contributed by atoms with Gasteiger partial charge in [0.2, 0.25) is 0 Å². The molecule has 1 aliphatic rings. The lowest BCUT2D eigenvalue weighted by atomic mass is 10.4. The number of anilines is 2. The summed E-state index contributed by atoms with van der Waals surface area (Å²) in [5.74, 6) is 1.97. The van der Waals surface area contributed by atoms with Crippen molar-refractivity contribution in [2.45, 2.75) is 6.92 Å². The molecule has 1 aromatic rings. The van der Waals surface area contributed by atoms with Crippen LogP contribution in [0.4, 0.5) is 11.6 Å². The number of nitrogen functional groups attached to an aromatic ring is 1. The van der Waals surface area contributed by atoms with Crippen LogP contribution in [0.3, 0.4) is 0 Å². The zero-order chi connectivity index (χ0) is 11.5. The van der Waals surface area contributed by atoms with Crippen molar-refractivity contribution in [1.29, 1.82) is 0 Å². The van der Waals surface area contributed by atoms with Gasteiger partial charge in [0.25, 0.3) is 0 Å². The van der Waals surface area contributed by atoms with Gasteiger partial charge in [-0.05, 0) is 14.0 Å². The van der Waals surface area contributed by atoms with E-state index in [1.807, 2.05) is 6.92 Å². The monoisotopic (exact) mass is 222 g/mol. The molecule has 6 heteroatoms. The van der Waals surface area contributed by atoms with Crippen LogP contribution in [0, 0.1) is 6.92 Å². The van der Waals surface area contributed by atoms with E-state index in [1.54, 1.807) is 6.07 Å². The van der Waals surface area contributed by atoms with Crippen molar-refractivity contribution < 1.29 is 0 Å². The van der Waals surface area contributed by atoms with E-state index in [4.69, 9.17) is 5.73 Å². The molecule has 2 rings (SSSR count). The molecular formula is C10H18N6. The van der Waals surface area contributed by atoms with E-state index >= 15 is 0 Å². The summed E-state index contributed by atoms with van der Waals surface area (Å²) in [5.41, 5.74) is 8.93. The third-order valence-electron chi connectivity index (χ3n) is 2.63. The Morgan fingerprint density at radius 1 is 1.25 bits per heavy atom. The minimum absolute atomic E-state index is 0.504. The number of aryl methyl sites for hydroxylation is 1. The predicted octanol–water partition coefficient (Wildman–Crippen LogP) is -0.0585. The zero-order valence-corrected chi connectivity index (χ0v) is 9.77. The molecule has 0 aliphatic carbocycles. The van der Waals surface area contributed by atoms with Gasteiger partial charge in [-0.15, -0.1) is 0 Å². The maximum atomic E-state index is 5.67. The van der Waals surface area contributed by atoms with Gasteiger partial charge in [0.05, 0.1) is 0 Å². The quantitative estimate of drug-likeness (QED) is 0.730. The number of hydrogen-bond donors (Lipinski definition) is 2. The van der Waals surface area contributed by atoms with Crippen LogP contribution >= 0.6 is 0 Å². The summed E-state index contributed by atoms with van der Waals surface area (Å²) in [5, 5.41) is 2.15. The first-order valence-electron chi connectivity index (χ1n) is 5.45. The van der Waals surface area contributed by atoms with Crippen molar-refractivity contribution in [1.82, 2.24) is 19.9 Å². The van der Waals surface area contributed by atoms with Crippen LogP contribution in [0.25, 0.3) is 0 Å². The predicted molar refractivity (Wildman–Crippen MR) is 63.9 cm³/mol. The van der Waals surface area contributed by atoms with Crippen LogP contribution in [-0.2, 0) is 0 Å². The second-order valence-electron chi connectivity index (χ2n) is 4.13. The van der Waals surface area contributed by atoms with Crippen LogP contribution < -0.4 is 11.2 Å². The molecule has 1 fully saturated rings. The summed E-state index contributed by atoms with van der Waals surface area (Å²) >= 11 is 0. The number of aromatic nitrogens is 2. The van der Waals surface area contributed by atoms with Crippen LogP contribution in [-0.4, -0.2) is 53.1 Å². The summed E-state index contributed by atoms with van der Waals surface area (Å²) in [4.78, 5) is 10.6. The molecule has 3 N–H and O–H groups in total. The van der Waals surface area contributed by atoms with Crippen molar-refractivity contribution in [3.8, 4) is 0 Å². The lowest BCUT2D eigenvalue weighted by Crippen LogP contribution is -2.47. The van der Waals surface area contributed by atoms with Crippen molar-refractivity contribution in [2.24, 2.45) is 0 Å². The molecule has 88 valence electrons. The molecule has 0 unspecified atom stereocenters. The Morgan fingerprint density at radius 2 is 1.94 bits per heavy atom. The van der Waals surface area contributed by atoms with Crippen molar-refractivity contribution in [3.63, 3.8) is 0 Å². The fraction of sp³-hybridized carbons (Fsp3) is 0.600. The smallest absolute Gasteiger partial charge is 0.146 e. The Kier molecular flexibility index (Phi) is 3.21. The summed E-state index contributed by atoms with van der Waals surface area (Å²) in [6.45, 7) is 5.93. The first-order valence-corrected chi connectivity index (χ1v) is 5.45. The fourth-order valence-electron chi connectivity index (χ4n) is 1.73. The van der Waals surface area contributed by atoms with E-state index < -0.39 is 0 Å². The number of nitrogens with two attached hydrogens (primary N) is 1. The highest BCUT2D eigenvalue weighted by Gasteiger charge is 2.13. The van der Waals surface area contributed by atoms with Crippen LogP contribution in [0.15, 0.2) is 6.07 Å². The number of nitrogens with one attached hydrogen (secondary N) is 1. The molecule has 6 nitrogen and oxygen atoms in total. The Hall–Kier alpha value is -1.40. The summed E-state index contributed by atoms with van der Waals surface area (Å²) < 4.78 is 0. The molecule has 0 saturated carbocycles. The number of likely N-dealkylation sites (N-methyl/N-ethyl adjacent to an activating group) is 1. The molecular weight excluding hydrogens is 204 g/mol. The van der Waals surface area contributed by atoms with Crippen molar-refractivity contribution in [2.75, 3.05) is 44.4 Å². The summed E-state index contributed by atoms with van der Waals surface area (Å²) in [7, 11) is 2.13. The number of nitrogens with zero attached hydrogens (tertiary/aromatic N) is 4. The largest absolute Gasteiger partial charge is 0.384 e. The zero-order valence-electron chi connectivity index (χ0n) is 9.77. The van der Waals surface area contributed by atoms with Gasteiger partial charge in [-0.25, -0.2) is 15.0 Å². The fourth-order valence-corrected chi connectivity index (χ4v) is 1.73. The first-order chi connectivity index (χ1) is 7.63. The van der Waals surface area contributed by atoms with E-state index in [0.29, 0.717) is 11.6 Å². The van der Waals surface area contributed by atoms with Gasteiger partial charge in [-0.3, -0.25) is 0 Å². The molecule has 16 heavy (non-hydrogen) atoms. The Bertz CT molecular complexity index is 338. The van der Waals surface area contributed by atoms with Crippen molar-refractivity contribution >= 4 is 11.6 Å². The molecule has 0 bridgehead atoms. The van der Waals surface area contributed by atoms with Gasteiger partial charge >= 0.3 is 0 Å². The van der Waals surface area contributed by atoms with Crippen LogP contribution in [0.1, 0.15) is 5.82 Å². The van der Waals surface area contributed by atoms with Crippen LogP contribution in [0.5, 0.6) is 0 Å². The number of piperazine rings is 1.